The van der Waals surface area contributed by atoms with Gasteiger partial charge in [0, 0.05) is 32.0 Å². The fraction of sp³-hybridized carbons (Fsp3) is 0.588. The average Bonchev–Trinajstić information content (AvgIpc) is 2.54. The summed E-state index contributed by atoms with van der Waals surface area (Å²) in [5.41, 5.74) is -1.71. The first-order valence-corrected chi connectivity index (χ1v) is 8.12. The van der Waals surface area contributed by atoms with Crippen LogP contribution in [0.25, 0.3) is 0 Å². The lowest BCUT2D eigenvalue weighted by Gasteiger charge is -2.39. The molecule has 2 N–H and O–H groups in total. The second kappa shape index (κ2) is 7.51. The van der Waals surface area contributed by atoms with Crippen molar-refractivity contribution >= 4 is 6.03 Å². The molecule has 1 saturated heterocycles. The number of likely N-dealkylation sites (tertiary alicyclic amines) is 1. The van der Waals surface area contributed by atoms with E-state index in [1.54, 1.807) is 7.11 Å². The van der Waals surface area contributed by atoms with Crippen LogP contribution in [0.4, 0.5) is 18.0 Å². The molecule has 0 radical (unpaired) electrons. The highest BCUT2D eigenvalue weighted by Gasteiger charge is 2.54. The summed E-state index contributed by atoms with van der Waals surface area (Å²) in [4.78, 5) is 13.5. The van der Waals surface area contributed by atoms with Crippen LogP contribution in [0.2, 0.25) is 0 Å². The van der Waals surface area contributed by atoms with Crippen molar-refractivity contribution < 1.29 is 27.8 Å². The number of methoxy groups -OCH3 is 1. The maximum atomic E-state index is 12.8. The fourth-order valence-electron chi connectivity index (χ4n) is 2.87. The van der Waals surface area contributed by atoms with Crippen molar-refractivity contribution in [3.05, 3.63) is 29.8 Å². The number of aliphatic hydroxyl groups is 1. The number of alkyl halides is 3. The van der Waals surface area contributed by atoms with Crippen LogP contribution in [0.1, 0.15) is 25.3 Å². The molecule has 8 heteroatoms. The van der Waals surface area contributed by atoms with E-state index in [2.05, 4.69) is 5.32 Å². The molecule has 2 rings (SSSR count). The van der Waals surface area contributed by atoms with Gasteiger partial charge in [-0.2, -0.15) is 13.2 Å². The molecule has 0 saturated carbocycles. The first-order valence-electron chi connectivity index (χ1n) is 8.12. The largest absolute Gasteiger partial charge is 0.497 e. The number of hydrogen-bond donors (Lipinski definition) is 2. The molecule has 0 aromatic heterocycles. The van der Waals surface area contributed by atoms with E-state index < -0.39 is 30.7 Å². The lowest BCUT2D eigenvalue weighted by molar-refractivity contribution is -0.271. The standard InChI is InChI=1S/C17H23F3N2O3/c1-12(10-13-4-3-5-14(11-13)25-2)21-15(23)22-8-6-16(24,7-9-22)17(18,19)20/h3-5,11-12,24H,6-10H2,1-2H3,(H,21,23). The van der Waals surface area contributed by atoms with Crippen molar-refractivity contribution in [2.45, 2.75) is 44.0 Å². The van der Waals surface area contributed by atoms with E-state index in [0.717, 1.165) is 11.3 Å². The summed E-state index contributed by atoms with van der Waals surface area (Å²) in [6.07, 6.45) is -5.11. The van der Waals surface area contributed by atoms with Gasteiger partial charge < -0.3 is 20.1 Å². The highest BCUT2D eigenvalue weighted by molar-refractivity contribution is 5.74. The third kappa shape index (κ3) is 4.78. The number of carbonyl (C=O) groups is 1. The quantitative estimate of drug-likeness (QED) is 0.868. The molecule has 25 heavy (non-hydrogen) atoms. The van der Waals surface area contributed by atoms with Crippen LogP contribution >= 0.6 is 0 Å². The van der Waals surface area contributed by atoms with Gasteiger partial charge in [-0.05, 0) is 31.0 Å². The van der Waals surface area contributed by atoms with Gasteiger partial charge in [0.05, 0.1) is 7.11 Å². The summed E-state index contributed by atoms with van der Waals surface area (Å²) in [5, 5.41) is 12.4. The number of carbonyl (C=O) groups excluding carboxylic acids is 1. The highest BCUT2D eigenvalue weighted by Crippen LogP contribution is 2.38. The first kappa shape index (κ1) is 19.4. The molecule has 1 aliphatic heterocycles. The van der Waals surface area contributed by atoms with E-state index in [1.807, 2.05) is 31.2 Å². The number of benzene rings is 1. The van der Waals surface area contributed by atoms with Crippen molar-refractivity contribution in [1.82, 2.24) is 10.2 Å². The molecule has 2 amide bonds. The Morgan fingerprint density at radius 3 is 2.60 bits per heavy atom. The zero-order valence-corrected chi connectivity index (χ0v) is 14.3. The number of rotatable bonds is 4. The lowest BCUT2D eigenvalue weighted by atomic mass is 9.91. The number of piperidine rings is 1. The Bertz CT molecular complexity index is 599. The average molecular weight is 360 g/mol. The van der Waals surface area contributed by atoms with Crippen molar-refractivity contribution in [3.8, 4) is 5.75 Å². The van der Waals surface area contributed by atoms with Gasteiger partial charge in [0.15, 0.2) is 5.60 Å². The SMILES string of the molecule is COc1cccc(CC(C)NC(=O)N2CCC(O)(C(F)(F)F)CC2)c1. The Morgan fingerprint density at radius 2 is 2.04 bits per heavy atom. The minimum absolute atomic E-state index is 0.131. The normalized spacial score (nSPS) is 18.6. The predicted octanol–water partition coefficient (Wildman–Crippen LogP) is 2.73. The van der Waals surface area contributed by atoms with Gasteiger partial charge in [-0.25, -0.2) is 4.79 Å². The molecule has 1 fully saturated rings. The molecule has 1 heterocycles. The molecule has 5 nitrogen and oxygen atoms in total. The molecule has 1 atom stereocenters. The van der Waals surface area contributed by atoms with Crippen LogP contribution in [0, 0.1) is 0 Å². The van der Waals surface area contributed by atoms with Crippen LogP contribution in [-0.4, -0.2) is 54.1 Å². The number of ether oxygens (including phenoxy) is 1. The number of amides is 2. The molecule has 0 aliphatic carbocycles. The number of hydrogen-bond acceptors (Lipinski definition) is 3. The first-order chi connectivity index (χ1) is 11.6. The maximum absolute atomic E-state index is 12.8. The third-order valence-corrected chi connectivity index (χ3v) is 4.45. The van der Waals surface area contributed by atoms with Gasteiger partial charge in [-0.1, -0.05) is 12.1 Å². The van der Waals surface area contributed by atoms with Gasteiger partial charge in [-0.3, -0.25) is 0 Å². The lowest BCUT2D eigenvalue weighted by Crippen LogP contribution is -2.56. The minimum atomic E-state index is -4.67. The molecule has 1 aliphatic rings. The summed E-state index contributed by atoms with van der Waals surface area (Å²) in [7, 11) is 1.57. The number of nitrogens with one attached hydrogen (secondary N) is 1. The summed E-state index contributed by atoms with van der Waals surface area (Å²) in [6.45, 7) is 1.56. The summed E-state index contributed by atoms with van der Waals surface area (Å²) < 4.78 is 43.5. The molecular weight excluding hydrogens is 337 g/mol. The van der Waals surface area contributed by atoms with Crippen molar-refractivity contribution in [2.75, 3.05) is 20.2 Å². The number of urea groups is 1. The van der Waals surface area contributed by atoms with Crippen molar-refractivity contribution in [2.24, 2.45) is 0 Å². The molecule has 1 aromatic carbocycles. The van der Waals surface area contributed by atoms with Crippen LogP contribution in [0.3, 0.4) is 0 Å². The van der Waals surface area contributed by atoms with E-state index in [4.69, 9.17) is 4.74 Å². The molecule has 1 unspecified atom stereocenters. The Hall–Kier alpha value is -1.96. The van der Waals surface area contributed by atoms with Gasteiger partial charge in [0.2, 0.25) is 0 Å². The van der Waals surface area contributed by atoms with Gasteiger partial charge in [0.1, 0.15) is 5.75 Å². The van der Waals surface area contributed by atoms with Crippen LogP contribution in [0.5, 0.6) is 5.75 Å². The van der Waals surface area contributed by atoms with E-state index in [9.17, 15) is 23.1 Å². The zero-order chi connectivity index (χ0) is 18.7. The fourth-order valence-corrected chi connectivity index (χ4v) is 2.87. The summed E-state index contributed by atoms with van der Waals surface area (Å²) in [6, 6.07) is 6.85. The second-order valence-electron chi connectivity index (χ2n) is 6.42. The number of nitrogens with zero attached hydrogens (tertiary/aromatic N) is 1. The Labute approximate surface area is 144 Å². The minimum Gasteiger partial charge on any atom is -0.497 e. The van der Waals surface area contributed by atoms with Crippen molar-refractivity contribution in [3.63, 3.8) is 0 Å². The number of halogens is 3. The van der Waals surface area contributed by atoms with E-state index in [0.29, 0.717) is 6.42 Å². The van der Waals surface area contributed by atoms with Crippen LogP contribution in [0.15, 0.2) is 24.3 Å². The molecule has 140 valence electrons. The Morgan fingerprint density at radius 1 is 1.40 bits per heavy atom. The van der Waals surface area contributed by atoms with E-state index >= 15 is 0 Å². The van der Waals surface area contributed by atoms with Crippen LogP contribution in [-0.2, 0) is 6.42 Å². The smallest absolute Gasteiger partial charge is 0.417 e. The zero-order valence-electron chi connectivity index (χ0n) is 14.3. The summed E-state index contributed by atoms with van der Waals surface area (Å²) in [5.74, 6) is 0.721. The van der Waals surface area contributed by atoms with Crippen molar-refractivity contribution in [1.29, 1.82) is 0 Å². The highest BCUT2D eigenvalue weighted by atomic mass is 19.4. The maximum Gasteiger partial charge on any atom is 0.417 e. The predicted molar refractivity (Wildman–Crippen MR) is 86.5 cm³/mol. The van der Waals surface area contributed by atoms with Gasteiger partial charge >= 0.3 is 12.2 Å². The van der Waals surface area contributed by atoms with E-state index in [1.165, 1.54) is 4.90 Å². The topological polar surface area (TPSA) is 61.8 Å². The monoisotopic (exact) mass is 360 g/mol. The van der Waals surface area contributed by atoms with Gasteiger partial charge in [0.25, 0.3) is 0 Å². The third-order valence-electron chi connectivity index (χ3n) is 4.45. The molecular formula is C17H23F3N2O3. The van der Waals surface area contributed by atoms with Crippen LogP contribution < -0.4 is 10.1 Å². The molecule has 1 aromatic rings. The Balaban J connectivity index is 1.86. The second-order valence-corrected chi connectivity index (χ2v) is 6.42. The molecule has 0 spiro atoms. The Kier molecular flexibility index (Phi) is 5.82. The molecule has 0 bridgehead atoms. The van der Waals surface area contributed by atoms with Gasteiger partial charge in [-0.15, -0.1) is 0 Å². The van der Waals surface area contributed by atoms with E-state index in [-0.39, 0.29) is 19.1 Å². The summed E-state index contributed by atoms with van der Waals surface area (Å²) >= 11 is 0.